The van der Waals surface area contributed by atoms with Crippen molar-refractivity contribution in [1.29, 1.82) is 0 Å². The van der Waals surface area contributed by atoms with Crippen LogP contribution >= 0.6 is 0 Å². The van der Waals surface area contributed by atoms with Gasteiger partial charge in [-0.15, -0.1) is 0 Å². The van der Waals surface area contributed by atoms with E-state index in [1.807, 2.05) is 32.0 Å². The molecule has 0 fully saturated rings. The molecule has 0 radical (unpaired) electrons. The SMILES string of the molecule is COC(C)(C)CCC1(C(=O)O)CCCc2ccccc21. The van der Waals surface area contributed by atoms with Crippen molar-refractivity contribution >= 4 is 5.97 Å². The largest absolute Gasteiger partial charge is 0.481 e. The molecular weight excluding hydrogens is 252 g/mol. The number of rotatable bonds is 5. The van der Waals surface area contributed by atoms with Gasteiger partial charge in [-0.25, -0.2) is 0 Å². The summed E-state index contributed by atoms with van der Waals surface area (Å²) in [7, 11) is 1.68. The van der Waals surface area contributed by atoms with Crippen LogP contribution < -0.4 is 0 Å². The molecule has 0 aliphatic heterocycles. The van der Waals surface area contributed by atoms with Crippen LogP contribution in [0.5, 0.6) is 0 Å². The second-order valence-electron chi connectivity index (χ2n) is 6.36. The molecule has 3 heteroatoms. The van der Waals surface area contributed by atoms with Crippen LogP contribution in [-0.2, 0) is 21.4 Å². The van der Waals surface area contributed by atoms with Crippen LogP contribution in [0.15, 0.2) is 24.3 Å². The Hall–Kier alpha value is -1.35. The molecule has 1 aromatic rings. The summed E-state index contributed by atoms with van der Waals surface area (Å²) in [6.07, 6.45) is 4.01. The molecule has 1 aliphatic rings. The van der Waals surface area contributed by atoms with Crippen molar-refractivity contribution in [1.82, 2.24) is 0 Å². The molecule has 2 rings (SSSR count). The number of benzene rings is 1. The fourth-order valence-corrected chi connectivity index (χ4v) is 3.13. The number of methoxy groups -OCH3 is 1. The van der Waals surface area contributed by atoms with E-state index in [2.05, 4.69) is 6.07 Å². The fraction of sp³-hybridized carbons (Fsp3) is 0.588. The predicted molar refractivity (Wildman–Crippen MR) is 79.0 cm³/mol. The van der Waals surface area contributed by atoms with Gasteiger partial charge in [-0.05, 0) is 57.1 Å². The zero-order valence-corrected chi connectivity index (χ0v) is 12.6. The van der Waals surface area contributed by atoms with Gasteiger partial charge in [0.1, 0.15) is 0 Å². The summed E-state index contributed by atoms with van der Waals surface area (Å²) < 4.78 is 5.45. The smallest absolute Gasteiger partial charge is 0.314 e. The van der Waals surface area contributed by atoms with E-state index < -0.39 is 11.4 Å². The molecule has 110 valence electrons. The van der Waals surface area contributed by atoms with Crippen molar-refractivity contribution in [3.05, 3.63) is 35.4 Å². The van der Waals surface area contributed by atoms with E-state index in [0.29, 0.717) is 6.42 Å². The molecule has 0 spiro atoms. The molecule has 3 nitrogen and oxygen atoms in total. The van der Waals surface area contributed by atoms with Crippen molar-refractivity contribution in [2.75, 3.05) is 7.11 Å². The van der Waals surface area contributed by atoms with Gasteiger partial charge in [0.2, 0.25) is 0 Å². The Kier molecular flexibility index (Phi) is 4.19. The quantitative estimate of drug-likeness (QED) is 0.894. The van der Waals surface area contributed by atoms with Gasteiger partial charge < -0.3 is 9.84 Å². The van der Waals surface area contributed by atoms with E-state index in [9.17, 15) is 9.90 Å². The summed E-state index contributed by atoms with van der Waals surface area (Å²) in [6, 6.07) is 8.00. The summed E-state index contributed by atoms with van der Waals surface area (Å²) in [4.78, 5) is 12.0. The lowest BCUT2D eigenvalue weighted by atomic mass is 9.66. The molecule has 0 saturated heterocycles. The molecule has 1 atom stereocenters. The van der Waals surface area contributed by atoms with Gasteiger partial charge in [0, 0.05) is 7.11 Å². The average Bonchev–Trinajstić information content (AvgIpc) is 2.45. The highest BCUT2D eigenvalue weighted by Crippen LogP contribution is 2.42. The third-order valence-electron chi connectivity index (χ3n) is 4.70. The first kappa shape index (κ1) is 15.0. The van der Waals surface area contributed by atoms with Gasteiger partial charge in [0.05, 0.1) is 11.0 Å². The van der Waals surface area contributed by atoms with Crippen LogP contribution in [0.3, 0.4) is 0 Å². The Bertz CT molecular complexity index is 493. The average molecular weight is 276 g/mol. The van der Waals surface area contributed by atoms with E-state index in [1.54, 1.807) is 7.11 Å². The van der Waals surface area contributed by atoms with Gasteiger partial charge >= 0.3 is 5.97 Å². The van der Waals surface area contributed by atoms with Crippen molar-refractivity contribution < 1.29 is 14.6 Å². The minimum absolute atomic E-state index is 0.283. The molecule has 20 heavy (non-hydrogen) atoms. The van der Waals surface area contributed by atoms with Crippen LogP contribution in [0.2, 0.25) is 0 Å². The molecule has 1 aromatic carbocycles. The van der Waals surface area contributed by atoms with E-state index in [4.69, 9.17) is 4.74 Å². The van der Waals surface area contributed by atoms with E-state index >= 15 is 0 Å². The number of ether oxygens (including phenoxy) is 1. The molecule has 0 aromatic heterocycles. The molecule has 1 N–H and O–H groups in total. The predicted octanol–water partition coefficient (Wildman–Crippen LogP) is 3.55. The summed E-state index contributed by atoms with van der Waals surface area (Å²) in [6.45, 7) is 4.02. The van der Waals surface area contributed by atoms with E-state index in [1.165, 1.54) is 5.56 Å². The number of aryl methyl sites for hydroxylation is 1. The third kappa shape index (κ3) is 2.73. The molecule has 0 heterocycles. The fourth-order valence-electron chi connectivity index (χ4n) is 3.13. The second-order valence-corrected chi connectivity index (χ2v) is 6.36. The molecule has 0 amide bonds. The molecule has 0 saturated carbocycles. The normalized spacial score (nSPS) is 22.4. The van der Waals surface area contributed by atoms with E-state index in [0.717, 1.165) is 31.2 Å². The maximum Gasteiger partial charge on any atom is 0.314 e. The lowest BCUT2D eigenvalue weighted by Gasteiger charge is -2.37. The van der Waals surface area contributed by atoms with Gasteiger partial charge in [-0.1, -0.05) is 24.3 Å². The summed E-state index contributed by atoms with van der Waals surface area (Å²) >= 11 is 0. The molecular formula is C17H24O3. The third-order valence-corrected chi connectivity index (χ3v) is 4.70. The Labute approximate surface area is 121 Å². The first-order valence-electron chi connectivity index (χ1n) is 7.28. The maximum absolute atomic E-state index is 12.0. The minimum atomic E-state index is -0.745. The van der Waals surface area contributed by atoms with Crippen LogP contribution in [0.25, 0.3) is 0 Å². The standard InChI is InChI=1S/C17H24O3/c1-16(2,20-3)11-12-17(15(18)19)10-6-8-13-7-4-5-9-14(13)17/h4-5,7,9H,6,8,10-12H2,1-3H3,(H,18,19). The highest BCUT2D eigenvalue weighted by atomic mass is 16.5. The van der Waals surface area contributed by atoms with Crippen LogP contribution in [0.4, 0.5) is 0 Å². The second kappa shape index (κ2) is 5.57. The van der Waals surface area contributed by atoms with Crippen molar-refractivity contribution in [2.24, 2.45) is 0 Å². The summed E-state index contributed by atoms with van der Waals surface area (Å²) in [5.74, 6) is -0.698. The van der Waals surface area contributed by atoms with Gasteiger partial charge in [0.25, 0.3) is 0 Å². The van der Waals surface area contributed by atoms with Gasteiger partial charge in [-0.2, -0.15) is 0 Å². The Morgan fingerprint density at radius 2 is 2.10 bits per heavy atom. The number of carbonyl (C=O) groups is 1. The number of hydrogen-bond donors (Lipinski definition) is 1. The van der Waals surface area contributed by atoms with Gasteiger partial charge in [-0.3, -0.25) is 4.79 Å². The summed E-state index contributed by atoms with van der Waals surface area (Å²) in [5, 5.41) is 9.86. The number of hydrogen-bond acceptors (Lipinski definition) is 2. The Morgan fingerprint density at radius 3 is 2.75 bits per heavy atom. The molecule has 1 unspecified atom stereocenters. The number of fused-ring (bicyclic) bond motifs is 1. The lowest BCUT2D eigenvalue weighted by molar-refractivity contribution is -0.145. The summed E-state index contributed by atoms with van der Waals surface area (Å²) in [5.41, 5.74) is 1.17. The van der Waals surface area contributed by atoms with Crippen molar-refractivity contribution in [3.63, 3.8) is 0 Å². The first-order chi connectivity index (χ1) is 9.41. The zero-order chi connectivity index (χ0) is 14.8. The minimum Gasteiger partial charge on any atom is -0.481 e. The number of carboxylic acid groups (broad SMARTS) is 1. The zero-order valence-electron chi connectivity index (χ0n) is 12.6. The highest BCUT2D eigenvalue weighted by molar-refractivity contribution is 5.82. The van der Waals surface area contributed by atoms with Gasteiger partial charge in [0.15, 0.2) is 0 Å². The first-order valence-corrected chi connectivity index (χ1v) is 7.28. The van der Waals surface area contributed by atoms with Crippen molar-refractivity contribution in [2.45, 2.75) is 57.0 Å². The van der Waals surface area contributed by atoms with Crippen molar-refractivity contribution in [3.8, 4) is 0 Å². The highest BCUT2D eigenvalue weighted by Gasteiger charge is 2.44. The number of carboxylic acids is 1. The van der Waals surface area contributed by atoms with E-state index in [-0.39, 0.29) is 5.60 Å². The molecule has 0 bridgehead atoms. The maximum atomic E-state index is 12.0. The van der Waals surface area contributed by atoms with Crippen LogP contribution in [-0.4, -0.2) is 23.8 Å². The van der Waals surface area contributed by atoms with Crippen LogP contribution in [0, 0.1) is 0 Å². The Morgan fingerprint density at radius 1 is 1.40 bits per heavy atom. The monoisotopic (exact) mass is 276 g/mol. The molecule has 1 aliphatic carbocycles. The lowest BCUT2D eigenvalue weighted by Crippen LogP contribution is -2.41. The van der Waals surface area contributed by atoms with Crippen LogP contribution in [0.1, 0.15) is 50.7 Å². The Balaban J connectivity index is 2.35. The number of aliphatic carboxylic acids is 1. The topological polar surface area (TPSA) is 46.5 Å².